The van der Waals surface area contributed by atoms with Gasteiger partial charge in [-0.05, 0) is 76.4 Å². The van der Waals surface area contributed by atoms with Gasteiger partial charge >= 0.3 is 6.09 Å². The zero-order valence-electron chi connectivity index (χ0n) is 29.2. The van der Waals surface area contributed by atoms with Gasteiger partial charge in [-0.3, -0.25) is 14.1 Å². The normalized spacial score (nSPS) is 19.0. The number of fused-ring (bicyclic) bond motifs is 5. The summed E-state index contributed by atoms with van der Waals surface area (Å²) in [4.78, 5) is 51.4. The fourth-order valence-electron chi connectivity index (χ4n) is 7.92. The number of hydrogen-bond acceptors (Lipinski definition) is 7. The zero-order valence-corrected chi connectivity index (χ0v) is 29.2. The molecule has 2 aromatic carbocycles. The van der Waals surface area contributed by atoms with Crippen LogP contribution in [0.15, 0.2) is 54.9 Å². The van der Waals surface area contributed by atoms with E-state index in [1.807, 2.05) is 31.1 Å². The average Bonchev–Trinajstić information content (AvgIpc) is 3.95. The molecule has 2 amide bonds. The average molecular weight is 674 g/mol. The van der Waals surface area contributed by atoms with Crippen molar-refractivity contribution in [2.75, 3.05) is 27.2 Å². The summed E-state index contributed by atoms with van der Waals surface area (Å²) in [6.07, 6.45) is 7.16. The topological polar surface area (TPSA) is 137 Å². The molecule has 0 radical (unpaired) electrons. The third-order valence-corrected chi connectivity index (χ3v) is 10.6. The van der Waals surface area contributed by atoms with Gasteiger partial charge in [-0.15, -0.1) is 0 Å². The summed E-state index contributed by atoms with van der Waals surface area (Å²) in [6, 6.07) is 14.6. The van der Waals surface area contributed by atoms with Crippen LogP contribution in [0, 0.1) is 12.8 Å². The van der Waals surface area contributed by atoms with E-state index in [0.717, 1.165) is 93.1 Å². The molecule has 1 unspecified atom stereocenters. The Kier molecular flexibility index (Phi) is 8.05. The predicted molar refractivity (Wildman–Crippen MR) is 193 cm³/mol. The van der Waals surface area contributed by atoms with Gasteiger partial charge in [-0.1, -0.05) is 32.0 Å². The van der Waals surface area contributed by atoms with Crippen molar-refractivity contribution >= 4 is 39.3 Å². The van der Waals surface area contributed by atoms with Crippen LogP contribution in [0.4, 0.5) is 4.79 Å². The summed E-state index contributed by atoms with van der Waals surface area (Å²) in [5.41, 5.74) is 7.11. The minimum absolute atomic E-state index is 0.0917. The van der Waals surface area contributed by atoms with Crippen molar-refractivity contribution in [1.29, 1.82) is 0 Å². The number of amides is 2. The summed E-state index contributed by atoms with van der Waals surface area (Å²) in [5, 5.41) is 4.90. The number of methoxy groups -OCH3 is 1. The Bertz CT molecular complexity index is 2250. The van der Waals surface area contributed by atoms with E-state index < -0.39 is 12.1 Å². The highest BCUT2D eigenvalue weighted by Crippen LogP contribution is 2.36. The Morgan fingerprint density at radius 1 is 0.900 bits per heavy atom. The van der Waals surface area contributed by atoms with E-state index in [1.165, 1.54) is 13.5 Å². The maximum atomic E-state index is 13.6. The molecule has 8 rings (SSSR count). The largest absolute Gasteiger partial charge is 0.453 e. The Hall–Kier alpha value is -5.23. The number of hydrogen-bond donors (Lipinski definition) is 3. The maximum absolute atomic E-state index is 13.6. The van der Waals surface area contributed by atoms with Gasteiger partial charge in [0.25, 0.3) is 0 Å². The SMILES string of the molecule is COC(=O)NC(C(=O)N1CCC[C@H]1c1ncc(-c2ccc3c(c2)cc2c4ccc(-c5cnc([C@H]6CCCN6C)[nH]5)cc4nc(C)n32)[nH]1)C(C)C. The number of carbonyl (C=O) groups excluding carboxylic acids is 2. The first-order valence-electron chi connectivity index (χ1n) is 17.5. The van der Waals surface area contributed by atoms with Crippen LogP contribution < -0.4 is 5.32 Å². The van der Waals surface area contributed by atoms with Gasteiger partial charge in [0.05, 0.1) is 59.5 Å². The van der Waals surface area contributed by atoms with E-state index in [-0.39, 0.29) is 17.9 Å². The number of ether oxygens (including phenoxy) is 1. The Morgan fingerprint density at radius 2 is 1.58 bits per heavy atom. The van der Waals surface area contributed by atoms with Crippen molar-refractivity contribution in [3.63, 3.8) is 0 Å². The van der Waals surface area contributed by atoms with Gasteiger partial charge in [0.1, 0.15) is 23.5 Å². The summed E-state index contributed by atoms with van der Waals surface area (Å²) >= 11 is 0. The number of benzene rings is 2. The number of H-pyrrole nitrogens is 2. The van der Waals surface area contributed by atoms with Crippen molar-refractivity contribution < 1.29 is 14.3 Å². The third-order valence-electron chi connectivity index (χ3n) is 10.6. The lowest BCUT2D eigenvalue weighted by atomic mass is 10.0. The van der Waals surface area contributed by atoms with Crippen LogP contribution in [0.2, 0.25) is 0 Å². The lowest BCUT2D eigenvalue weighted by Gasteiger charge is -2.30. The molecule has 0 aliphatic carbocycles. The molecular weight excluding hydrogens is 630 g/mol. The molecular formula is C38H43N9O3. The molecule has 3 N–H and O–H groups in total. The number of imidazole rings is 2. The number of likely N-dealkylation sites (tertiary alicyclic amines) is 2. The smallest absolute Gasteiger partial charge is 0.407 e. The molecule has 2 saturated heterocycles. The van der Waals surface area contributed by atoms with E-state index in [1.54, 1.807) is 0 Å². The Labute approximate surface area is 290 Å². The second kappa shape index (κ2) is 12.6. The number of nitrogens with one attached hydrogen (secondary N) is 3. The first kappa shape index (κ1) is 32.0. The first-order valence-corrected chi connectivity index (χ1v) is 17.5. The third kappa shape index (κ3) is 5.47. The monoisotopic (exact) mass is 673 g/mol. The molecule has 12 heteroatoms. The van der Waals surface area contributed by atoms with Crippen LogP contribution >= 0.6 is 0 Å². The van der Waals surface area contributed by atoms with Gasteiger partial charge in [-0.25, -0.2) is 19.7 Å². The molecule has 0 saturated carbocycles. The number of alkyl carbamates (subject to hydrolysis) is 1. The van der Waals surface area contributed by atoms with E-state index in [0.29, 0.717) is 12.6 Å². The molecule has 12 nitrogen and oxygen atoms in total. The van der Waals surface area contributed by atoms with Gasteiger partial charge < -0.3 is 24.9 Å². The molecule has 2 fully saturated rings. The molecule has 2 aliphatic heterocycles. The molecule has 0 bridgehead atoms. The predicted octanol–water partition coefficient (Wildman–Crippen LogP) is 6.54. The molecule has 2 aliphatic rings. The van der Waals surface area contributed by atoms with Crippen molar-refractivity contribution in [3.05, 3.63) is 72.3 Å². The minimum atomic E-state index is -0.674. The lowest BCUT2D eigenvalue weighted by molar-refractivity contribution is -0.135. The molecule has 6 aromatic rings. The van der Waals surface area contributed by atoms with Crippen molar-refractivity contribution in [3.8, 4) is 22.5 Å². The zero-order chi connectivity index (χ0) is 34.7. The second-order valence-electron chi connectivity index (χ2n) is 14.1. The fourth-order valence-corrected chi connectivity index (χ4v) is 7.92. The molecule has 50 heavy (non-hydrogen) atoms. The van der Waals surface area contributed by atoms with Crippen LogP contribution in [0.3, 0.4) is 0 Å². The summed E-state index contributed by atoms with van der Waals surface area (Å²) in [6.45, 7) is 7.60. The lowest BCUT2D eigenvalue weighted by Crippen LogP contribution is -2.51. The molecule has 4 aromatic heterocycles. The number of aryl methyl sites for hydroxylation is 1. The molecule has 3 atom stereocenters. The van der Waals surface area contributed by atoms with Gasteiger partial charge in [0, 0.05) is 28.4 Å². The summed E-state index contributed by atoms with van der Waals surface area (Å²) in [5.74, 6) is 2.48. The Morgan fingerprint density at radius 3 is 2.28 bits per heavy atom. The minimum Gasteiger partial charge on any atom is -0.453 e. The standard InChI is InChI=1S/C38H43N9O3/c1-21(2)34(44-38(49)50-5)37(48)46-15-7-9-32(46)36-40-19-28(43-36)23-11-13-30-25(16-23)18-33-26-12-10-24(17-27(26)41-22(3)47(30)33)29-20-39-35(42-29)31-8-6-14-45(31)4/h10-13,16-21,31-32,34H,6-9,14-15H2,1-5H3,(H,39,42)(H,40,43)(H,44,49)/t31-,32+,34?/m1/s1. The van der Waals surface area contributed by atoms with E-state index in [9.17, 15) is 9.59 Å². The number of rotatable bonds is 7. The summed E-state index contributed by atoms with van der Waals surface area (Å²) in [7, 11) is 3.47. The van der Waals surface area contributed by atoms with Gasteiger partial charge in [0.2, 0.25) is 5.91 Å². The highest BCUT2D eigenvalue weighted by Gasteiger charge is 2.37. The fraction of sp³-hybridized carbons (Fsp3) is 0.395. The molecule has 258 valence electrons. The van der Waals surface area contributed by atoms with Crippen molar-refractivity contribution in [1.82, 2.24) is 44.4 Å². The van der Waals surface area contributed by atoms with Crippen LogP contribution in [-0.4, -0.2) is 84.4 Å². The quantitative estimate of drug-likeness (QED) is 0.175. The van der Waals surface area contributed by atoms with E-state index in [2.05, 4.69) is 81.0 Å². The number of carbonyl (C=O) groups is 2. The Balaban J connectivity index is 1.08. The van der Waals surface area contributed by atoms with Crippen molar-refractivity contribution in [2.24, 2.45) is 5.92 Å². The highest BCUT2D eigenvalue weighted by atomic mass is 16.5. The highest BCUT2D eigenvalue weighted by molar-refractivity contribution is 6.02. The molecule has 6 heterocycles. The second-order valence-corrected chi connectivity index (χ2v) is 14.1. The number of aromatic nitrogens is 6. The summed E-state index contributed by atoms with van der Waals surface area (Å²) < 4.78 is 7.00. The van der Waals surface area contributed by atoms with Crippen LogP contribution in [-0.2, 0) is 9.53 Å². The number of aromatic amines is 2. The number of nitrogens with zero attached hydrogens (tertiary/aromatic N) is 6. The van der Waals surface area contributed by atoms with Crippen LogP contribution in [0.25, 0.3) is 49.8 Å². The molecule has 0 spiro atoms. The van der Waals surface area contributed by atoms with Crippen LogP contribution in [0.5, 0.6) is 0 Å². The van der Waals surface area contributed by atoms with Crippen LogP contribution in [0.1, 0.15) is 69.1 Å². The van der Waals surface area contributed by atoms with Crippen molar-refractivity contribution in [2.45, 2.75) is 64.6 Å². The first-order chi connectivity index (χ1) is 24.2. The van der Waals surface area contributed by atoms with E-state index in [4.69, 9.17) is 19.7 Å². The van der Waals surface area contributed by atoms with Gasteiger partial charge in [0.15, 0.2) is 0 Å². The van der Waals surface area contributed by atoms with Gasteiger partial charge in [-0.2, -0.15) is 0 Å². The maximum Gasteiger partial charge on any atom is 0.407 e. The van der Waals surface area contributed by atoms with E-state index >= 15 is 0 Å².